The van der Waals surface area contributed by atoms with Crippen molar-refractivity contribution in [2.24, 2.45) is 0 Å². The number of anilines is 1. The Hall–Kier alpha value is -3.08. The summed E-state index contributed by atoms with van der Waals surface area (Å²) in [6.45, 7) is 7.87. The van der Waals surface area contributed by atoms with Gasteiger partial charge in [-0.3, -0.25) is 14.2 Å². The summed E-state index contributed by atoms with van der Waals surface area (Å²) in [5.74, 6) is 0.511. The van der Waals surface area contributed by atoms with E-state index in [4.69, 9.17) is 4.74 Å². The second-order valence-corrected chi connectivity index (χ2v) is 7.16. The van der Waals surface area contributed by atoms with Crippen molar-refractivity contribution in [3.63, 3.8) is 0 Å². The van der Waals surface area contributed by atoms with Gasteiger partial charge in [-0.25, -0.2) is 0 Å². The summed E-state index contributed by atoms with van der Waals surface area (Å²) in [6.07, 6.45) is 0.507. The van der Waals surface area contributed by atoms with E-state index in [0.29, 0.717) is 12.1 Å². The molecule has 5 nitrogen and oxygen atoms in total. The Labute approximate surface area is 165 Å². The van der Waals surface area contributed by atoms with E-state index in [1.807, 2.05) is 33.8 Å². The van der Waals surface area contributed by atoms with Crippen LogP contribution in [0.25, 0.3) is 10.9 Å². The number of fused-ring (bicyclic) bond motifs is 1. The van der Waals surface area contributed by atoms with Crippen molar-refractivity contribution >= 4 is 22.5 Å². The molecule has 0 spiro atoms. The number of amides is 1. The molecule has 1 heterocycles. The lowest BCUT2D eigenvalue weighted by Crippen LogP contribution is -2.33. The van der Waals surface area contributed by atoms with E-state index in [9.17, 15) is 9.59 Å². The zero-order valence-electron chi connectivity index (χ0n) is 17.0. The minimum atomic E-state index is -0.598. The molecule has 0 aliphatic heterocycles. The maximum Gasteiger partial charge on any atom is 0.252 e. The predicted octanol–water partition coefficient (Wildman–Crippen LogP) is 4.53. The number of ether oxygens (including phenoxy) is 1. The second-order valence-electron chi connectivity index (χ2n) is 7.16. The number of methoxy groups -OCH3 is 1. The Kier molecular flexibility index (Phi) is 5.54. The van der Waals surface area contributed by atoms with Crippen LogP contribution in [0.5, 0.6) is 5.75 Å². The number of nitrogens with zero attached hydrogens (tertiary/aromatic N) is 1. The van der Waals surface area contributed by atoms with Gasteiger partial charge in [-0.2, -0.15) is 0 Å². The highest BCUT2D eigenvalue weighted by atomic mass is 16.5. The first-order chi connectivity index (χ1) is 13.3. The third kappa shape index (κ3) is 3.65. The smallest absolute Gasteiger partial charge is 0.252 e. The molecule has 1 atom stereocenters. The summed E-state index contributed by atoms with van der Waals surface area (Å²) in [5, 5.41) is 3.93. The minimum absolute atomic E-state index is 0.159. The number of carbonyl (C=O) groups excluding carboxylic acids is 1. The van der Waals surface area contributed by atoms with E-state index in [0.717, 1.165) is 33.3 Å². The number of hydrogen-bond donors (Lipinski definition) is 1. The molecule has 1 N–H and O–H groups in total. The molecule has 3 aromatic rings. The van der Waals surface area contributed by atoms with Crippen LogP contribution in [-0.2, 0) is 4.79 Å². The zero-order chi connectivity index (χ0) is 20.4. The highest BCUT2D eigenvalue weighted by Gasteiger charge is 2.23. The molecule has 0 saturated carbocycles. The minimum Gasteiger partial charge on any atom is -0.497 e. The van der Waals surface area contributed by atoms with E-state index in [2.05, 4.69) is 11.4 Å². The van der Waals surface area contributed by atoms with Gasteiger partial charge >= 0.3 is 0 Å². The molecule has 0 aliphatic carbocycles. The Morgan fingerprint density at radius 1 is 1.07 bits per heavy atom. The summed E-state index contributed by atoms with van der Waals surface area (Å²) in [5.41, 5.74) is 4.39. The second kappa shape index (κ2) is 7.89. The van der Waals surface area contributed by atoms with Crippen LogP contribution in [0.2, 0.25) is 0 Å². The third-order valence-electron chi connectivity index (χ3n) is 5.05. The maximum atomic E-state index is 13.1. The molecule has 0 radical (unpaired) electrons. The number of aryl methyl sites for hydroxylation is 3. The molecule has 0 aliphatic rings. The van der Waals surface area contributed by atoms with E-state index >= 15 is 0 Å². The largest absolute Gasteiger partial charge is 0.497 e. The Bertz CT molecular complexity index is 1080. The molecule has 28 heavy (non-hydrogen) atoms. The highest BCUT2D eigenvalue weighted by molar-refractivity contribution is 5.95. The number of aromatic nitrogens is 1. The topological polar surface area (TPSA) is 60.3 Å². The van der Waals surface area contributed by atoms with Crippen molar-refractivity contribution in [3.05, 3.63) is 69.5 Å². The summed E-state index contributed by atoms with van der Waals surface area (Å²) in [7, 11) is 1.60. The van der Waals surface area contributed by atoms with Crippen molar-refractivity contribution in [3.8, 4) is 5.75 Å². The highest BCUT2D eigenvalue weighted by Crippen LogP contribution is 2.26. The maximum absolute atomic E-state index is 13.1. The van der Waals surface area contributed by atoms with Crippen molar-refractivity contribution in [2.45, 2.75) is 40.2 Å². The van der Waals surface area contributed by atoms with Gasteiger partial charge in [-0.15, -0.1) is 0 Å². The van der Waals surface area contributed by atoms with E-state index < -0.39 is 6.04 Å². The average Bonchev–Trinajstić information content (AvgIpc) is 2.65. The quantitative estimate of drug-likeness (QED) is 0.710. The van der Waals surface area contributed by atoms with E-state index in [1.165, 1.54) is 0 Å². The van der Waals surface area contributed by atoms with Crippen LogP contribution in [0.15, 0.2) is 47.3 Å². The molecule has 0 bridgehead atoms. The average molecular weight is 378 g/mol. The molecule has 3 rings (SSSR count). The lowest BCUT2D eigenvalue weighted by Gasteiger charge is -2.22. The Balaban J connectivity index is 2.07. The van der Waals surface area contributed by atoms with Gasteiger partial charge in [-0.05, 0) is 68.7 Å². The fourth-order valence-electron chi connectivity index (χ4n) is 3.72. The van der Waals surface area contributed by atoms with Crippen molar-refractivity contribution in [1.29, 1.82) is 0 Å². The monoisotopic (exact) mass is 378 g/mol. The molecule has 0 fully saturated rings. The summed E-state index contributed by atoms with van der Waals surface area (Å²) < 4.78 is 6.79. The van der Waals surface area contributed by atoms with Gasteiger partial charge in [0.15, 0.2) is 0 Å². The van der Waals surface area contributed by atoms with Gasteiger partial charge in [0.05, 0.1) is 12.6 Å². The van der Waals surface area contributed by atoms with Crippen LogP contribution in [0.1, 0.15) is 36.1 Å². The van der Waals surface area contributed by atoms with E-state index in [1.54, 1.807) is 42.0 Å². The predicted molar refractivity (Wildman–Crippen MR) is 113 cm³/mol. The fourth-order valence-corrected chi connectivity index (χ4v) is 3.72. The van der Waals surface area contributed by atoms with Gasteiger partial charge in [0.25, 0.3) is 5.56 Å². The van der Waals surface area contributed by atoms with Crippen molar-refractivity contribution in [2.75, 3.05) is 12.4 Å². The number of rotatable bonds is 5. The van der Waals surface area contributed by atoms with Gasteiger partial charge in [0, 0.05) is 17.1 Å². The van der Waals surface area contributed by atoms with Gasteiger partial charge in [0.1, 0.15) is 11.8 Å². The molecule has 5 heteroatoms. The number of carbonyl (C=O) groups is 1. The van der Waals surface area contributed by atoms with Crippen molar-refractivity contribution in [1.82, 2.24) is 4.57 Å². The molecule has 0 saturated heterocycles. The fraction of sp³-hybridized carbons (Fsp3) is 0.304. The molecule has 1 unspecified atom stereocenters. The van der Waals surface area contributed by atoms with E-state index in [-0.39, 0.29) is 11.5 Å². The van der Waals surface area contributed by atoms with Crippen LogP contribution in [-0.4, -0.2) is 17.6 Å². The first-order valence-corrected chi connectivity index (χ1v) is 9.43. The van der Waals surface area contributed by atoms with Crippen LogP contribution in [0, 0.1) is 20.8 Å². The van der Waals surface area contributed by atoms with Gasteiger partial charge < -0.3 is 10.1 Å². The first-order valence-electron chi connectivity index (χ1n) is 9.43. The van der Waals surface area contributed by atoms with Crippen LogP contribution in [0.3, 0.4) is 0 Å². The molecular weight excluding hydrogens is 352 g/mol. The molecule has 2 aromatic carbocycles. The van der Waals surface area contributed by atoms with Gasteiger partial charge in [-0.1, -0.05) is 18.6 Å². The van der Waals surface area contributed by atoms with Crippen LogP contribution >= 0.6 is 0 Å². The van der Waals surface area contributed by atoms with Crippen molar-refractivity contribution < 1.29 is 9.53 Å². The van der Waals surface area contributed by atoms with Crippen LogP contribution < -0.4 is 15.6 Å². The third-order valence-corrected chi connectivity index (χ3v) is 5.05. The SMILES string of the molecule is CCC(C(=O)Nc1ccc(OC)cc1)n1c(=O)cc(C)c2cc(C)cc(C)c21. The summed E-state index contributed by atoms with van der Waals surface area (Å²) >= 11 is 0. The lowest BCUT2D eigenvalue weighted by molar-refractivity contribution is -0.119. The molecular formula is C23H26N2O3. The molecule has 146 valence electrons. The first kappa shape index (κ1) is 19.7. The molecule has 1 aromatic heterocycles. The Morgan fingerprint density at radius 2 is 1.75 bits per heavy atom. The lowest BCUT2D eigenvalue weighted by atomic mass is 10.0. The molecule has 1 amide bonds. The standard InChI is InChI=1S/C23H26N2O3/c1-6-20(23(27)24-17-7-9-18(28-5)10-8-17)25-21(26)13-15(3)19-12-14(2)11-16(4)22(19)25/h7-13,20H,6H2,1-5H3,(H,24,27). The number of benzene rings is 2. The number of hydrogen-bond acceptors (Lipinski definition) is 3. The number of nitrogens with one attached hydrogen (secondary N) is 1. The summed E-state index contributed by atoms with van der Waals surface area (Å²) in [6, 6.07) is 12.3. The number of pyridine rings is 1. The zero-order valence-corrected chi connectivity index (χ0v) is 17.0. The summed E-state index contributed by atoms with van der Waals surface area (Å²) in [4.78, 5) is 26.0. The Morgan fingerprint density at radius 3 is 2.36 bits per heavy atom. The van der Waals surface area contributed by atoms with Gasteiger partial charge in [0.2, 0.25) is 5.91 Å². The van der Waals surface area contributed by atoms with Crippen LogP contribution in [0.4, 0.5) is 5.69 Å². The normalized spacial score (nSPS) is 12.0.